The van der Waals surface area contributed by atoms with Crippen LogP contribution in [0.25, 0.3) is 0 Å². The molecule has 0 aliphatic carbocycles. The molecule has 1 fully saturated rings. The Hall–Kier alpha value is -3.73. The highest BCUT2D eigenvalue weighted by molar-refractivity contribution is 7.94. The molecule has 1 unspecified atom stereocenters. The van der Waals surface area contributed by atoms with E-state index in [1.54, 1.807) is 0 Å². The van der Waals surface area contributed by atoms with Crippen LogP contribution in [-0.2, 0) is 30.8 Å². The number of rotatable bonds is 3. The number of para-hydroxylation sites is 1. The first-order valence-corrected chi connectivity index (χ1v) is 11.6. The molecule has 3 aromatic carbocycles. The van der Waals surface area contributed by atoms with Crippen molar-refractivity contribution in [3.8, 4) is 0 Å². The second-order valence-electron chi connectivity index (χ2n) is 7.89. The number of anilines is 2. The minimum Gasteiger partial charge on any atom is -0.304 e. The van der Waals surface area contributed by atoms with Crippen molar-refractivity contribution in [3.05, 3.63) is 95.1 Å². The predicted molar refractivity (Wildman–Crippen MR) is 113 cm³/mol. The SMILES string of the molecule is O=C1CS(=O)(=O)C2(C(=O)N(Cc3cccc(F)c3)c3ccccc32)N1c1cc(F)c(F)c(F)c1. The van der Waals surface area contributed by atoms with Gasteiger partial charge in [-0.05, 0) is 23.8 Å². The minimum absolute atomic E-state index is 0.104. The first-order valence-electron chi connectivity index (χ1n) is 9.94. The number of fused-ring (bicyclic) bond motifs is 2. The van der Waals surface area contributed by atoms with E-state index < -0.39 is 61.2 Å². The van der Waals surface area contributed by atoms with Crippen LogP contribution in [0, 0.1) is 23.3 Å². The lowest BCUT2D eigenvalue weighted by atomic mass is 10.0. The number of carbonyl (C=O) groups excluding carboxylic acids is 2. The van der Waals surface area contributed by atoms with E-state index >= 15 is 0 Å². The average molecular weight is 490 g/mol. The monoisotopic (exact) mass is 490 g/mol. The molecule has 3 aromatic rings. The molecule has 1 saturated heterocycles. The Labute approximate surface area is 190 Å². The molecule has 34 heavy (non-hydrogen) atoms. The molecule has 0 N–H and O–H groups in total. The fourth-order valence-electron chi connectivity index (χ4n) is 4.54. The van der Waals surface area contributed by atoms with Gasteiger partial charge in [-0.25, -0.2) is 26.0 Å². The summed E-state index contributed by atoms with van der Waals surface area (Å²) in [6, 6.07) is 12.0. The van der Waals surface area contributed by atoms with Crippen LogP contribution in [0.3, 0.4) is 0 Å². The molecule has 0 bridgehead atoms. The van der Waals surface area contributed by atoms with E-state index in [1.165, 1.54) is 42.5 Å². The van der Waals surface area contributed by atoms with Gasteiger partial charge in [-0.15, -0.1) is 0 Å². The number of benzene rings is 3. The Morgan fingerprint density at radius 2 is 1.56 bits per heavy atom. The van der Waals surface area contributed by atoms with Gasteiger partial charge >= 0.3 is 0 Å². The van der Waals surface area contributed by atoms with E-state index in [2.05, 4.69) is 0 Å². The van der Waals surface area contributed by atoms with Crippen molar-refractivity contribution in [2.24, 2.45) is 0 Å². The molecule has 11 heteroatoms. The summed E-state index contributed by atoms with van der Waals surface area (Å²) in [6.07, 6.45) is 0. The Kier molecular flexibility index (Phi) is 4.80. The van der Waals surface area contributed by atoms with E-state index in [4.69, 9.17) is 0 Å². The van der Waals surface area contributed by atoms with Gasteiger partial charge in [0.2, 0.25) is 5.91 Å². The number of amides is 2. The standard InChI is InChI=1S/C23H14F4N2O4S/c24-14-5-3-4-13(8-14)11-28-19-7-2-1-6-16(19)23(22(28)31)29(20(30)12-34(23,32)33)15-9-17(25)21(27)18(26)10-15/h1-10H,11-12H2. The number of nitrogens with zero attached hydrogens (tertiary/aromatic N) is 2. The highest BCUT2D eigenvalue weighted by atomic mass is 32.2. The highest BCUT2D eigenvalue weighted by Gasteiger charge is 2.69. The van der Waals surface area contributed by atoms with E-state index in [1.807, 2.05) is 0 Å². The molecule has 174 valence electrons. The third-order valence-corrected chi connectivity index (χ3v) is 7.98. The minimum atomic E-state index is -4.59. The van der Waals surface area contributed by atoms with Crippen molar-refractivity contribution in [1.82, 2.24) is 0 Å². The summed E-state index contributed by atoms with van der Waals surface area (Å²) in [5.74, 6) is -8.99. The maximum atomic E-state index is 14.1. The van der Waals surface area contributed by atoms with Crippen molar-refractivity contribution >= 4 is 33.0 Å². The normalized spacial score (nSPS) is 20.9. The van der Waals surface area contributed by atoms with Crippen LogP contribution >= 0.6 is 0 Å². The maximum Gasteiger partial charge on any atom is 0.274 e. The maximum absolute atomic E-state index is 14.1. The van der Waals surface area contributed by atoms with Crippen molar-refractivity contribution < 1.29 is 35.6 Å². The fourth-order valence-corrected chi connectivity index (χ4v) is 6.57. The van der Waals surface area contributed by atoms with Crippen molar-refractivity contribution in [2.45, 2.75) is 11.4 Å². The molecule has 0 saturated carbocycles. The van der Waals surface area contributed by atoms with E-state index in [-0.39, 0.29) is 17.8 Å². The summed E-state index contributed by atoms with van der Waals surface area (Å²) in [6.45, 7) is -0.237. The quantitative estimate of drug-likeness (QED) is 0.417. The van der Waals surface area contributed by atoms with Crippen LogP contribution in [-0.4, -0.2) is 26.0 Å². The second kappa shape index (κ2) is 7.39. The first-order chi connectivity index (χ1) is 16.1. The van der Waals surface area contributed by atoms with Gasteiger partial charge in [0.05, 0.1) is 17.9 Å². The second-order valence-corrected chi connectivity index (χ2v) is 10.0. The van der Waals surface area contributed by atoms with Crippen LogP contribution in [0.4, 0.5) is 28.9 Å². The van der Waals surface area contributed by atoms with Crippen molar-refractivity contribution in [1.29, 1.82) is 0 Å². The molecule has 2 heterocycles. The zero-order valence-electron chi connectivity index (χ0n) is 17.1. The van der Waals surface area contributed by atoms with Crippen molar-refractivity contribution in [2.75, 3.05) is 15.6 Å². The summed E-state index contributed by atoms with van der Waals surface area (Å²) in [4.78, 5) is 25.7. The molecule has 2 aliphatic heterocycles. The zero-order chi connectivity index (χ0) is 24.4. The number of carbonyl (C=O) groups is 2. The summed E-state index contributed by atoms with van der Waals surface area (Å²) >= 11 is 0. The van der Waals surface area contributed by atoms with Crippen molar-refractivity contribution in [3.63, 3.8) is 0 Å². The number of hydrogen-bond acceptors (Lipinski definition) is 4. The van der Waals surface area contributed by atoms with Gasteiger partial charge in [-0.3, -0.25) is 14.5 Å². The van der Waals surface area contributed by atoms with Gasteiger partial charge < -0.3 is 4.90 Å². The van der Waals surface area contributed by atoms with Gasteiger partial charge in [-0.1, -0.05) is 30.3 Å². The van der Waals surface area contributed by atoms with E-state index in [9.17, 15) is 35.6 Å². The fraction of sp³-hybridized carbons (Fsp3) is 0.130. The summed E-state index contributed by atoms with van der Waals surface area (Å²) in [5.41, 5.74) is -0.263. The molecule has 2 aliphatic rings. The number of halogens is 4. The summed E-state index contributed by atoms with van der Waals surface area (Å²) in [7, 11) is -4.59. The Bertz CT molecular complexity index is 1470. The molecule has 0 radical (unpaired) electrons. The Morgan fingerprint density at radius 3 is 2.24 bits per heavy atom. The Morgan fingerprint density at radius 1 is 0.882 bits per heavy atom. The predicted octanol–water partition coefficient (Wildman–Crippen LogP) is 3.40. The third-order valence-electron chi connectivity index (χ3n) is 5.88. The van der Waals surface area contributed by atoms with E-state index in [0.717, 1.165) is 11.0 Å². The molecular formula is C23H14F4N2O4S. The van der Waals surface area contributed by atoms with E-state index in [0.29, 0.717) is 22.6 Å². The van der Waals surface area contributed by atoms with Gasteiger partial charge in [0.1, 0.15) is 11.6 Å². The molecule has 1 spiro atoms. The zero-order valence-corrected chi connectivity index (χ0v) is 18.0. The van der Waals surface area contributed by atoms with Gasteiger partial charge in [-0.2, -0.15) is 0 Å². The molecular weight excluding hydrogens is 476 g/mol. The summed E-state index contributed by atoms with van der Waals surface area (Å²) in [5, 5.41) is 0. The van der Waals surface area contributed by atoms with Crippen LogP contribution in [0.1, 0.15) is 11.1 Å². The third kappa shape index (κ3) is 2.89. The van der Waals surface area contributed by atoms with Crippen LogP contribution < -0.4 is 9.80 Å². The summed E-state index contributed by atoms with van der Waals surface area (Å²) < 4.78 is 82.3. The topological polar surface area (TPSA) is 74.8 Å². The number of hydrogen-bond donors (Lipinski definition) is 0. The molecule has 5 rings (SSSR count). The lowest BCUT2D eigenvalue weighted by Crippen LogP contribution is -2.54. The lowest BCUT2D eigenvalue weighted by Gasteiger charge is -2.32. The van der Waals surface area contributed by atoms with Crippen LogP contribution in [0.2, 0.25) is 0 Å². The molecule has 6 nitrogen and oxygen atoms in total. The first kappa shape index (κ1) is 22.1. The lowest BCUT2D eigenvalue weighted by molar-refractivity contribution is -0.123. The Balaban J connectivity index is 1.75. The smallest absolute Gasteiger partial charge is 0.274 e. The average Bonchev–Trinajstić information content (AvgIpc) is 3.14. The largest absolute Gasteiger partial charge is 0.304 e. The van der Waals surface area contributed by atoms with Crippen LogP contribution in [0.15, 0.2) is 60.7 Å². The van der Waals surface area contributed by atoms with Gasteiger partial charge in [0.25, 0.3) is 10.8 Å². The molecule has 2 amide bonds. The highest BCUT2D eigenvalue weighted by Crippen LogP contribution is 2.53. The molecule has 0 aromatic heterocycles. The van der Waals surface area contributed by atoms with Gasteiger partial charge in [0, 0.05) is 17.7 Å². The number of sulfone groups is 1. The van der Waals surface area contributed by atoms with Crippen LogP contribution in [0.5, 0.6) is 0 Å². The molecule has 1 atom stereocenters. The van der Waals surface area contributed by atoms with Gasteiger partial charge in [0.15, 0.2) is 27.3 Å².